The van der Waals surface area contributed by atoms with Gasteiger partial charge in [-0.1, -0.05) is 53.9 Å². The lowest BCUT2D eigenvalue weighted by Gasteiger charge is -2.20. The predicted molar refractivity (Wildman–Crippen MR) is 68.0 cm³/mol. The Morgan fingerprint density at radius 3 is 2.75 bits per heavy atom. The second-order valence-corrected chi connectivity index (χ2v) is 5.64. The summed E-state index contributed by atoms with van der Waals surface area (Å²) in [5.41, 5.74) is 0.717. The molecule has 1 saturated heterocycles. The van der Waals surface area contributed by atoms with E-state index in [2.05, 4.69) is 5.32 Å². The van der Waals surface area contributed by atoms with Crippen LogP contribution in [0, 0.1) is 0 Å². The van der Waals surface area contributed by atoms with Crippen molar-refractivity contribution in [2.24, 2.45) is 0 Å². The second-order valence-electron chi connectivity index (χ2n) is 3.37. The number of rotatable bonds is 2. The average Bonchev–Trinajstić information content (AvgIpc) is 2.33. The zero-order chi connectivity index (χ0) is 11.4. The lowest BCUT2D eigenvalue weighted by atomic mass is 10.2. The van der Waals surface area contributed by atoms with Crippen LogP contribution >= 0.6 is 23.5 Å². The van der Waals surface area contributed by atoms with Crippen molar-refractivity contribution in [1.29, 1.82) is 0 Å². The van der Waals surface area contributed by atoms with Crippen molar-refractivity contribution in [3.05, 3.63) is 35.9 Å². The highest BCUT2D eigenvalue weighted by Crippen LogP contribution is 2.23. The first-order valence-electron chi connectivity index (χ1n) is 4.92. The smallest absolute Gasteiger partial charge is 0.279 e. The fraction of sp³-hybridized carbons (Fsp3) is 0.273. The van der Waals surface area contributed by atoms with Gasteiger partial charge in [-0.15, -0.1) is 0 Å². The van der Waals surface area contributed by atoms with Gasteiger partial charge in [-0.3, -0.25) is 9.59 Å². The van der Waals surface area contributed by atoms with E-state index in [4.69, 9.17) is 0 Å². The summed E-state index contributed by atoms with van der Waals surface area (Å²) in [6, 6.07) is 9.21. The van der Waals surface area contributed by atoms with Crippen molar-refractivity contribution >= 4 is 33.9 Å². The number of nitrogens with one attached hydrogen (secondary N) is 1. The van der Waals surface area contributed by atoms with E-state index in [1.807, 2.05) is 30.3 Å². The maximum atomic E-state index is 11.8. The molecule has 0 bridgehead atoms. The van der Waals surface area contributed by atoms with E-state index in [1.165, 1.54) is 23.5 Å². The number of thioether (sulfide) groups is 2. The number of benzene rings is 1. The molecular formula is C11H11NO2S2. The van der Waals surface area contributed by atoms with Crippen LogP contribution in [-0.4, -0.2) is 27.9 Å². The van der Waals surface area contributed by atoms with Gasteiger partial charge in [0, 0.05) is 23.1 Å². The third-order valence-electron chi connectivity index (χ3n) is 2.16. The number of hydrogen-bond acceptors (Lipinski definition) is 4. The van der Waals surface area contributed by atoms with Gasteiger partial charge in [0.05, 0.1) is 0 Å². The number of carbonyl (C=O) groups excluding carboxylic acids is 2. The third kappa shape index (κ3) is 3.02. The Bertz CT molecular complexity index is 384. The van der Waals surface area contributed by atoms with Crippen molar-refractivity contribution in [1.82, 2.24) is 5.32 Å². The lowest BCUT2D eigenvalue weighted by molar-refractivity contribution is 0.108. The lowest BCUT2D eigenvalue weighted by Crippen LogP contribution is -2.35. The van der Waals surface area contributed by atoms with Gasteiger partial charge in [-0.05, 0) is 0 Å². The van der Waals surface area contributed by atoms with E-state index in [-0.39, 0.29) is 15.6 Å². The molecule has 0 aromatic heterocycles. The number of carbonyl (C=O) groups is 2. The molecule has 0 saturated carbocycles. The minimum Gasteiger partial charge on any atom is -0.346 e. The molecule has 5 heteroatoms. The van der Waals surface area contributed by atoms with E-state index in [1.54, 1.807) is 0 Å². The van der Waals surface area contributed by atoms with Gasteiger partial charge in [0.15, 0.2) is 0 Å². The molecule has 1 amide bonds. The molecule has 1 atom stereocenters. The van der Waals surface area contributed by atoms with Gasteiger partial charge < -0.3 is 5.32 Å². The minimum atomic E-state index is 0.00371. The first-order chi connectivity index (χ1) is 7.75. The third-order valence-corrected chi connectivity index (χ3v) is 4.46. The first-order valence-corrected chi connectivity index (χ1v) is 6.79. The molecule has 1 aromatic rings. The molecule has 0 aliphatic carbocycles. The monoisotopic (exact) mass is 253 g/mol. The van der Waals surface area contributed by atoms with Gasteiger partial charge in [-0.25, -0.2) is 0 Å². The molecular weight excluding hydrogens is 242 g/mol. The highest BCUT2D eigenvalue weighted by Gasteiger charge is 2.22. The van der Waals surface area contributed by atoms with Crippen LogP contribution in [0.5, 0.6) is 0 Å². The summed E-state index contributed by atoms with van der Waals surface area (Å²) in [6.45, 7) is 0.578. The van der Waals surface area contributed by atoms with Crippen LogP contribution < -0.4 is 5.32 Å². The molecule has 1 aromatic carbocycles. The zero-order valence-electron chi connectivity index (χ0n) is 8.51. The quantitative estimate of drug-likeness (QED) is 0.879. The van der Waals surface area contributed by atoms with Crippen LogP contribution in [0.3, 0.4) is 0 Å². The molecule has 1 fully saturated rings. The average molecular weight is 253 g/mol. The van der Waals surface area contributed by atoms with Crippen LogP contribution in [0.2, 0.25) is 0 Å². The maximum absolute atomic E-state index is 11.8. The van der Waals surface area contributed by atoms with Crippen molar-refractivity contribution < 1.29 is 9.59 Å². The molecule has 1 aliphatic heterocycles. The van der Waals surface area contributed by atoms with E-state index in [9.17, 15) is 9.59 Å². The van der Waals surface area contributed by atoms with Crippen molar-refractivity contribution in [2.45, 2.75) is 5.25 Å². The fourth-order valence-corrected chi connectivity index (χ4v) is 3.20. The molecule has 0 spiro atoms. The minimum absolute atomic E-state index is 0.00371. The standard InChI is InChI=1S/C11H11NO2S2/c13-10(8-4-2-1-3-5-8)16-9-6-12-11(14)15-7-9/h1-5,9H,6-7H2,(H,12,14). The Kier molecular flexibility index (Phi) is 3.90. The van der Waals surface area contributed by atoms with E-state index in [0.717, 1.165) is 5.56 Å². The Morgan fingerprint density at radius 1 is 1.38 bits per heavy atom. The maximum Gasteiger partial charge on any atom is 0.279 e. The number of amides is 1. The zero-order valence-corrected chi connectivity index (χ0v) is 10.1. The Balaban J connectivity index is 1.91. The van der Waals surface area contributed by atoms with Gasteiger partial charge in [0.2, 0.25) is 5.12 Å². The van der Waals surface area contributed by atoms with Crippen LogP contribution in [0.25, 0.3) is 0 Å². The Hall–Kier alpha value is -0.940. The summed E-state index contributed by atoms with van der Waals surface area (Å²) in [5.74, 6) is 0.703. The van der Waals surface area contributed by atoms with Crippen molar-refractivity contribution in [3.63, 3.8) is 0 Å². The second kappa shape index (κ2) is 5.41. The van der Waals surface area contributed by atoms with Gasteiger partial charge >= 0.3 is 0 Å². The van der Waals surface area contributed by atoms with Crippen molar-refractivity contribution in [2.75, 3.05) is 12.3 Å². The predicted octanol–water partition coefficient (Wildman–Crippen LogP) is 2.39. The summed E-state index contributed by atoms with van der Waals surface area (Å²) < 4.78 is 0. The highest BCUT2D eigenvalue weighted by atomic mass is 32.2. The molecule has 1 unspecified atom stereocenters. The molecule has 84 valence electrons. The van der Waals surface area contributed by atoms with Crippen LogP contribution in [-0.2, 0) is 0 Å². The van der Waals surface area contributed by atoms with Crippen LogP contribution in [0.4, 0.5) is 4.79 Å². The molecule has 3 nitrogen and oxygen atoms in total. The van der Waals surface area contributed by atoms with Gasteiger partial charge in [0.25, 0.3) is 5.24 Å². The van der Waals surface area contributed by atoms with Crippen LogP contribution in [0.1, 0.15) is 10.4 Å². The SMILES string of the molecule is O=C1NCC(SC(=O)c2ccccc2)CS1. The van der Waals surface area contributed by atoms with Gasteiger partial charge in [-0.2, -0.15) is 0 Å². The number of hydrogen-bond donors (Lipinski definition) is 1. The summed E-state index contributed by atoms with van der Waals surface area (Å²) >= 11 is 2.54. The van der Waals surface area contributed by atoms with Crippen molar-refractivity contribution in [3.8, 4) is 0 Å². The Labute approximate surface area is 102 Å². The normalized spacial score (nSPS) is 20.2. The summed E-state index contributed by atoms with van der Waals surface area (Å²) in [7, 11) is 0. The van der Waals surface area contributed by atoms with Crippen LogP contribution in [0.15, 0.2) is 30.3 Å². The first kappa shape index (κ1) is 11.5. The molecule has 2 rings (SSSR count). The summed E-state index contributed by atoms with van der Waals surface area (Å²) in [4.78, 5) is 22.8. The summed E-state index contributed by atoms with van der Waals surface area (Å²) in [6.07, 6.45) is 0. The summed E-state index contributed by atoms with van der Waals surface area (Å²) in [5, 5.41) is 2.99. The molecule has 1 aliphatic rings. The molecule has 1 N–H and O–H groups in total. The fourth-order valence-electron chi connectivity index (χ4n) is 1.35. The topological polar surface area (TPSA) is 46.2 Å². The largest absolute Gasteiger partial charge is 0.346 e. The molecule has 0 radical (unpaired) electrons. The molecule has 16 heavy (non-hydrogen) atoms. The highest BCUT2D eigenvalue weighted by molar-refractivity contribution is 8.17. The van der Waals surface area contributed by atoms with Gasteiger partial charge in [0.1, 0.15) is 0 Å². The molecule has 1 heterocycles. The van der Waals surface area contributed by atoms with E-state index >= 15 is 0 Å². The Morgan fingerprint density at radius 2 is 2.12 bits per heavy atom. The van der Waals surface area contributed by atoms with E-state index < -0.39 is 0 Å². The van der Waals surface area contributed by atoms with E-state index in [0.29, 0.717) is 12.3 Å².